The Kier molecular flexibility index (Phi) is 3.77. The summed E-state index contributed by atoms with van der Waals surface area (Å²) >= 11 is 0. The molecule has 0 bridgehead atoms. The van der Waals surface area contributed by atoms with Crippen molar-refractivity contribution in [2.75, 3.05) is 0 Å². The van der Waals surface area contributed by atoms with Crippen molar-refractivity contribution in [3.05, 3.63) is 29.6 Å². The second-order valence-electron chi connectivity index (χ2n) is 6.85. The molecule has 16 heavy (non-hydrogen) atoms. The summed E-state index contributed by atoms with van der Waals surface area (Å²) in [6, 6.07) is 4.39. The topological polar surface area (TPSA) is 12.9 Å². The Balaban J connectivity index is 2.66. The van der Waals surface area contributed by atoms with Crippen LogP contribution in [0.2, 0.25) is 0 Å². The summed E-state index contributed by atoms with van der Waals surface area (Å²) in [4.78, 5) is 4.55. The molecule has 1 nitrogen and oxygen atoms in total. The highest BCUT2D eigenvalue weighted by Crippen LogP contribution is 2.23. The Hall–Kier alpha value is -0.850. The van der Waals surface area contributed by atoms with Gasteiger partial charge in [-0.25, -0.2) is 0 Å². The maximum absolute atomic E-state index is 4.55. The molecule has 0 saturated carbocycles. The number of hydrogen-bond donors (Lipinski definition) is 0. The van der Waals surface area contributed by atoms with Crippen molar-refractivity contribution in [1.29, 1.82) is 0 Å². The van der Waals surface area contributed by atoms with Crippen LogP contribution in [-0.2, 0) is 11.8 Å². The molecule has 0 aliphatic rings. The van der Waals surface area contributed by atoms with Crippen molar-refractivity contribution in [1.82, 2.24) is 4.98 Å². The molecule has 0 aliphatic carbocycles. The van der Waals surface area contributed by atoms with Crippen LogP contribution < -0.4 is 0 Å². The highest BCUT2D eigenvalue weighted by molar-refractivity contribution is 5.21. The van der Waals surface area contributed by atoms with Crippen molar-refractivity contribution in [2.24, 2.45) is 5.41 Å². The molecule has 1 heterocycles. The SMILES string of the molecule is CC(C)(C)CCc1ccc(C(C)(C)C)cn1. The number of rotatable bonds is 2. The Bertz CT molecular complexity index is 322. The first-order chi connectivity index (χ1) is 7.18. The van der Waals surface area contributed by atoms with Crippen LogP contribution in [0.3, 0.4) is 0 Å². The van der Waals surface area contributed by atoms with Crippen LogP contribution in [0.1, 0.15) is 59.2 Å². The Morgan fingerprint density at radius 3 is 2.00 bits per heavy atom. The van der Waals surface area contributed by atoms with E-state index in [1.807, 2.05) is 6.20 Å². The molecule has 1 heteroatoms. The van der Waals surface area contributed by atoms with E-state index in [4.69, 9.17) is 0 Å². The molecular weight excluding hydrogens is 194 g/mol. The van der Waals surface area contributed by atoms with E-state index in [0.29, 0.717) is 5.41 Å². The smallest absolute Gasteiger partial charge is 0.0404 e. The van der Waals surface area contributed by atoms with Gasteiger partial charge in [0.25, 0.3) is 0 Å². The van der Waals surface area contributed by atoms with E-state index in [1.54, 1.807) is 0 Å². The monoisotopic (exact) mass is 219 g/mol. The van der Waals surface area contributed by atoms with Gasteiger partial charge < -0.3 is 0 Å². The predicted octanol–water partition coefficient (Wildman–Crippen LogP) is 4.36. The third-order valence-corrected chi connectivity index (χ3v) is 2.82. The quantitative estimate of drug-likeness (QED) is 0.720. The maximum atomic E-state index is 4.55. The molecule has 1 aromatic rings. The van der Waals surface area contributed by atoms with Gasteiger partial charge in [-0.1, -0.05) is 47.6 Å². The minimum atomic E-state index is 0.204. The zero-order valence-electron chi connectivity index (χ0n) is 11.6. The highest BCUT2D eigenvalue weighted by Gasteiger charge is 2.14. The summed E-state index contributed by atoms with van der Waals surface area (Å²) in [5, 5.41) is 0. The standard InChI is InChI=1S/C15H25N/c1-14(2,3)10-9-13-8-7-12(11-16-13)15(4,5)6/h7-8,11H,9-10H2,1-6H3. The molecule has 0 aliphatic heterocycles. The minimum absolute atomic E-state index is 0.204. The largest absolute Gasteiger partial charge is 0.261 e. The zero-order valence-corrected chi connectivity index (χ0v) is 11.6. The maximum Gasteiger partial charge on any atom is 0.0404 e. The molecule has 90 valence electrons. The van der Waals surface area contributed by atoms with Gasteiger partial charge >= 0.3 is 0 Å². The first kappa shape index (κ1) is 13.2. The minimum Gasteiger partial charge on any atom is -0.261 e. The van der Waals surface area contributed by atoms with E-state index in [2.05, 4.69) is 58.7 Å². The second kappa shape index (κ2) is 4.57. The summed E-state index contributed by atoms with van der Waals surface area (Å²) in [6.45, 7) is 13.5. The third kappa shape index (κ3) is 4.34. The Labute approximate surface area is 100 Å². The summed E-state index contributed by atoms with van der Waals surface area (Å²) in [5.74, 6) is 0. The average Bonchev–Trinajstić information content (AvgIpc) is 2.13. The summed E-state index contributed by atoms with van der Waals surface area (Å²) in [7, 11) is 0. The van der Waals surface area contributed by atoms with Crippen molar-refractivity contribution < 1.29 is 0 Å². The molecule has 0 amide bonds. The molecule has 0 N–H and O–H groups in total. The molecule has 0 unspecified atom stereocenters. The molecule has 1 rings (SSSR count). The summed E-state index contributed by atoms with van der Waals surface area (Å²) < 4.78 is 0. The van der Waals surface area contributed by atoms with E-state index in [1.165, 1.54) is 17.7 Å². The number of aromatic nitrogens is 1. The van der Waals surface area contributed by atoms with Gasteiger partial charge in [-0.2, -0.15) is 0 Å². The molecule has 0 radical (unpaired) electrons. The lowest BCUT2D eigenvalue weighted by Crippen LogP contribution is -2.12. The fraction of sp³-hybridized carbons (Fsp3) is 0.667. The van der Waals surface area contributed by atoms with Crippen LogP contribution in [0.15, 0.2) is 18.3 Å². The number of hydrogen-bond acceptors (Lipinski definition) is 1. The van der Waals surface area contributed by atoms with Crippen LogP contribution in [-0.4, -0.2) is 4.98 Å². The zero-order chi connectivity index (χ0) is 12.4. The number of nitrogens with zero attached hydrogens (tertiary/aromatic N) is 1. The first-order valence-corrected chi connectivity index (χ1v) is 6.14. The van der Waals surface area contributed by atoms with Gasteiger partial charge in [0.05, 0.1) is 0 Å². The van der Waals surface area contributed by atoms with E-state index in [9.17, 15) is 0 Å². The third-order valence-electron chi connectivity index (χ3n) is 2.82. The lowest BCUT2D eigenvalue weighted by molar-refractivity contribution is 0.376. The Morgan fingerprint density at radius 2 is 1.62 bits per heavy atom. The van der Waals surface area contributed by atoms with Crippen LogP contribution >= 0.6 is 0 Å². The van der Waals surface area contributed by atoms with Gasteiger partial charge in [0.15, 0.2) is 0 Å². The molecule has 0 atom stereocenters. The fourth-order valence-electron chi connectivity index (χ4n) is 1.52. The van der Waals surface area contributed by atoms with Crippen LogP contribution in [0, 0.1) is 5.41 Å². The van der Waals surface area contributed by atoms with Crippen LogP contribution in [0.25, 0.3) is 0 Å². The summed E-state index contributed by atoms with van der Waals surface area (Å²) in [6.07, 6.45) is 4.29. The average molecular weight is 219 g/mol. The fourth-order valence-corrected chi connectivity index (χ4v) is 1.52. The number of pyridine rings is 1. The van der Waals surface area contributed by atoms with E-state index in [-0.39, 0.29) is 5.41 Å². The molecule has 0 aromatic carbocycles. The first-order valence-electron chi connectivity index (χ1n) is 6.14. The van der Waals surface area contributed by atoms with Gasteiger partial charge in [-0.3, -0.25) is 4.98 Å². The van der Waals surface area contributed by atoms with E-state index >= 15 is 0 Å². The van der Waals surface area contributed by atoms with E-state index < -0.39 is 0 Å². The second-order valence-corrected chi connectivity index (χ2v) is 6.85. The van der Waals surface area contributed by atoms with Crippen LogP contribution in [0.5, 0.6) is 0 Å². The molecule has 1 aromatic heterocycles. The van der Waals surface area contributed by atoms with Gasteiger partial charge in [-0.15, -0.1) is 0 Å². The lowest BCUT2D eigenvalue weighted by Gasteiger charge is -2.20. The van der Waals surface area contributed by atoms with Crippen LogP contribution in [0.4, 0.5) is 0 Å². The van der Waals surface area contributed by atoms with Crippen molar-refractivity contribution in [3.8, 4) is 0 Å². The molecular formula is C15H25N. The van der Waals surface area contributed by atoms with Crippen molar-refractivity contribution >= 4 is 0 Å². The van der Waals surface area contributed by atoms with Gasteiger partial charge in [0.2, 0.25) is 0 Å². The van der Waals surface area contributed by atoms with Crippen molar-refractivity contribution in [2.45, 2.75) is 59.8 Å². The van der Waals surface area contributed by atoms with Crippen molar-refractivity contribution in [3.63, 3.8) is 0 Å². The van der Waals surface area contributed by atoms with Gasteiger partial charge in [0, 0.05) is 11.9 Å². The Morgan fingerprint density at radius 1 is 1.00 bits per heavy atom. The van der Waals surface area contributed by atoms with Gasteiger partial charge in [-0.05, 0) is 35.3 Å². The molecule has 0 spiro atoms. The molecule has 0 saturated heterocycles. The number of aryl methyl sites for hydroxylation is 1. The lowest BCUT2D eigenvalue weighted by atomic mass is 9.87. The van der Waals surface area contributed by atoms with E-state index in [0.717, 1.165) is 6.42 Å². The van der Waals surface area contributed by atoms with Gasteiger partial charge in [0.1, 0.15) is 0 Å². The normalized spacial score (nSPS) is 12.9. The summed E-state index contributed by atoms with van der Waals surface area (Å²) in [5.41, 5.74) is 3.12. The predicted molar refractivity (Wildman–Crippen MR) is 70.7 cm³/mol. The molecule has 0 fully saturated rings. The highest BCUT2D eigenvalue weighted by atomic mass is 14.7.